The van der Waals surface area contributed by atoms with Crippen LogP contribution in [0.2, 0.25) is 0 Å². The van der Waals surface area contributed by atoms with Crippen molar-refractivity contribution in [2.75, 3.05) is 0 Å². The Morgan fingerprint density at radius 2 is 2.22 bits per heavy atom. The van der Waals surface area contributed by atoms with Gasteiger partial charge in [0, 0.05) is 6.07 Å². The monoisotopic (exact) mass is 265 g/mol. The molecular weight excluding hydrogens is 257 g/mol. The lowest BCUT2D eigenvalue weighted by Gasteiger charge is -2.04. The van der Waals surface area contributed by atoms with Gasteiger partial charge in [0.05, 0.1) is 17.9 Å². The topological polar surface area (TPSA) is 43.9 Å². The van der Waals surface area contributed by atoms with E-state index in [0.29, 0.717) is 23.4 Å². The van der Waals surface area contributed by atoms with Crippen molar-refractivity contribution >= 4 is 22.6 Å². The highest BCUT2D eigenvalue weighted by Gasteiger charge is 2.13. The van der Waals surface area contributed by atoms with Gasteiger partial charge in [-0.1, -0.05) is 11.2 Å². The molecule has 0 spiro atoms. The third-order valence-electron chi connectivity index (χ3n) is 2.74. The van der Waals surface area contributed by atoms with Crippen molar-refractivity contribution in [1.82, 2.24) is 14.7 Å². The van der Waals surface area contributed by atoms with Crippen molar-refractivity contribution in [1.29, 1.82) is 0 Å². The number of rotatable bonds is 3. The van der Waals surface area contributed by atoms with E-state index in [1.165, 1.54) is 12.3 Å². The van der Waals surface area contributed by atoms with Gasteiger partial charge in [-0.15, -0.1) is 11.6 Å². The smallest absolute Gasteiger partial charge is 0.151 e. The summed E-state index contributed by atoms with van der Waals surface area (Å²) in [5.41, 5.74) is 1.77. The van der Waals surface area contributed by atoms with Crippen molar-refractivity contribution in [3.8, 4) is 0 Å². The Morgan fingerprint density at radius 1 is 1.33 bits per heavy atom. The van der Waals surface area contributed by atoms with Crippen LogP contribution in [0.3, 0.4) is 0 Å². The van der Waals surface area contributed by atoms with Gasteiger partial charge in [0.2, 0.25) is 0 Å². The SMILES string of the molecule is Fc1cccc2c1nc(CCl)n2Cc1ccon1. The molecule has 0 amide bonds. The summed E-state index contributed by atoms with van der Waals surface area (Å²) in [6, 6.07) is 6.59. The van der Waals surface area contributed by atoms with Crippen molar-refractivity contribution < 1.29 is 8.91 Å². The highest BCUT2D eigenvalue weighted by atomic mass is 35.5. The number of nitrogens with zero attached hydrogens (tertiary/aromatic N) is 3. The number of benzene rings is 1. The van der Waals surface area contributed by atoms with E-state index in [-0.39, 0.29) is 11.7 Å². The standard InChI is InChI=1S/C12H9ClFN3O/c13-6-11-15-12-9(14)2-1-3-10(12)17(11)7-8-4-5-18-16-8/h1-5H,6-7H2. The molecule has 0 aliphatic rings. The summed E-state index contributed by atoms with van der Waals surface area (Å²) >= 11 is 5.85. The summed E-state index contributed by atoms with van der Waals surface area (Å²) in [6.45, 7) is 0.457. The number of fused-ring (bicyclic) bond motifs is 1. The number of alkyl halides is 1. The Bertz CT molecular complexity index is 678. The molecule has 0 aliphatic carbocycles. The fourth-order valence-corrected chi connectivity index (χ4v) is 2.12. The first-order chi connectivity index (χ1) is 8.79. The molecule has 92 valence electrons. The fraction of sp³-hybridized carbons (Fsp3) is 0.167. The molecule has 3 aromatic rings. The summed E-state index contributed by atoms with van der Waals surface area (Å²) in [6.07, 6.45) is 1.50. The van der Waals surface area contributed by atoms with Gasteiger partial charge in [0.15, 0.2) is 5.82 Å². The van der Waals surface area contributed by atoms with Gasteiger partial charge in [0.1, 0.15) is 23.3 Å². The Morgan fingerprint density at radius 3 is 2.94 bits per heavy atom. The van der Waals surface area contributed by atoms with Crippen molar-refractivity contribution in [3.05, 3.63) is 47.9 Å². The second kappa shape index (κ2) is 4.42. The Kier molecular flexibility index (Phi) is 2.76. The van der Waals surface area contributed by atoms with Crippen LogP contribution >= 0.6 is 11.6 Å². The number of imidazole rings is 1. The Hall–Kier alpha value is -1.88. The molecule has 0 fully saturated rings. The van der Waals surface area contributed by atoms with Gasteiger partial charge in [0.25, 0.3) is 0 Å². The van der Waals surface area contributed by atoms with Crippen LogP contribution in [0.15, 0.2) is 35.1 Å². The molecule has 18 heavy (non-hydrogen) atoms. The summed E-state index contributed by atoms with van der Waals surface area (Å²) in [4.78, 5) is 4.21. The van der Waals surface area contributed by atoms with Crippen LogP contribution in [0, 0.1) is 5.82 Å². The number of para-hydroxylation sites is 1. The summed E-state index contributed by atoms with van der Waals surface area (Å²) in [7, 11) is 0. The van der Waals surface area contributed by atoms with E-state index in [1.54, 1.807) is 12.1 Å². The predicted molar refractivity (Wildman–Crippen MR) is 64.9 cm³/mol. The van der Waals surface area contributed by atoms with Gasteiger partial charge in [-0.2, -0.15) is 0 Å². The van der Waals surface area contributed by atoms with Crippen LogP contribution in [0.25, 0.3) is 11.0 Å². The van der Waals surface area contributed by atoms with E-state index in [0.717, 1.165) is 5.69 Å². The molecule has 2 aromatic heterocycles. The molecule has 0 unspecified atom stereocenters. The molecule has 0 radical (unpaired) electrons. The molecule has 2 heterocycles. The van der Waals surface area contributed by atoms with E-state index >= 15 is 0 Å². The van der Waals surface area contributed by atoms with Crippen LogP contribution in [-0.2, 0) is 12.4 Å². The lowest BCUT2D eigenvalue weighted by Crippen LogP contribution is -2.03. The lowest BCUT2D eigenvalue weighted by molar-refractivity contribution is 0.409. The van der Waals surface area contributed by atoms with Gasteiger partial charge in [-0.25, -0.2) is 9.37 Å². The number of aromatic nitrogens is 3. The van der Waals surface area contributed by atoms with Crippen LogP contribution in [0.5, 0.6) is 0 Å². The average molecular weight is 266 g/mol. The molecule has 0 bridgehead atoms. The molecule has 1 aromatic carbocycles. The first-order valence-electron chi connectivity index (χ1n) is 5.38. The van der Waals surface area contributed by atoms with Crippen molar-refractivity contribution in [2.24, 2.45) is 0 Å². The van der Waals surface area contributed by atoms with E-state index < -0.39 is 0 Å². The molecule has 3 rings (SSSR count). The normalized spacial score (nSPS) is 11.2. The lowest BCUT2D eigenvalue weighted by atomic mass is 10.3. The predicted octanol–water partition coefficient (Wildman–Crippen LogP) is 2.95. The van der Waals surface area contributed by atoms with E-state index in [2.05, 4.69) is 10.1 Å². The first kappa shape index (κ1) is 11.2. The maximum atomic E-state index is 13.6. The molecule has 0 aliphatic heterocycles. The summed E-state index contributed by atoms with van der Waals surface area (Å²) < 4.78 is 20.3. The maximum absolute atomic E-state index is 13.6. The van der Waals surface area contributed by atoms with Gasteiger partial charge in [-0.05, 0) is 12.1 Å². The molecule has 4 nitrogen and oxygen atoms in total. The van der Waals surface area contributed by atoms with Crippen LogP contribution in [0.4, 0.5) is 4.39 Å². The Labute approximate surface area is 107 Å². The number of halogens is 2. The minimum absolute atomic E-state index is 0.214. The minimum Gasteiger partial charge on any atom is -0.364 e. The summed E-state index contributed by atoms with van der Waals surface area (Å²) in [5, 5.41) is 3.84. The highest BCUT2D eigenvalue weighted by Crippen LogP contribution is 2.21. The van der Waals surface area contributed by atoms with E-state index in [4.69, 9.17) is 16.1 Å². The molecular formula is C12H9ClFN3O. The van der Waals surface area contributed by atoms with Crippen molar-refractivity contribution in [2.45, 2.75) is 12.4 Å². The largest absolute Gasteiger partial charge is 0.364 e. The second-order valence-corrected chi connectivity index (χ2v) is 4.11. The zero-order valence-electron chi connectivity index (χ0n) is 9.31. The third kappa shape index (κ3) is 1.76. The highest BCUT2D eigenvalue weighted by molar-refractivity contribution is 6.16. The molecule has 0 atom stereocenters. The van der Waals surface area contributed by atoms with Crippen LogP contribution in [0.1, 0.15) is 11.5 Å². The molecule has 0 saturated heterocycles. The third-order valence-corrected chi connectivity index (χ3v) is 2.98. The van der Waals surface area contributed by atoms with Gasteiger partial charge in [-0.3, -0.25) is 0 Å². The average Bonchev–Trinajstić information content (AvgIpc) is 2.99. The van der Waals surface area contributed by atoms with E-state index in [1.807, 2.05) is 10.6 Å². The Balaban J connectivity index is 2.17. The van der Waals surface area contributed by atoms with E-state index in [9.17, 15) is 4.39 Å². The molecule has 6 heteroatoms. The second-order valence-electron chi connectivity index (χ2n) is 3.85. The first-order valence-corrected chi connectivity index (χ1v) is 5.92. The fourth-order valence-electron chi connectivity index (χ4n) is 1.92. The number of hydrogen-bond acceptors (Lipinski definition) is 3. The van der Waals surface area contributed by atoms with Crippen molar-refractivity contribution in [3.63, 3.8) is 0 Å². The van der Waals surface area contributed by atoms with Gasteiger partial charge < -0.3 is 9.09 Å². The van der Waals surface area contributed by atoms with Crippen LogP contribution in [-0.4, -0.2) is 14.7 Å². The number of hydrogen-bond donors (Lipinski definition) is 0. The molecule has 0 N–H and O–H groups in total. The molecule has 0 saturated carbocycles. The minimum atomic E-state index is -0.349. The van der Waals surface area contributed by atoms with Gasteiger partial charge >= 0.3 is 0 Å². The zero-order valence-corrected chi connectivity index (χ0v) is 10.1. The summed E-state index contributed by atoms with van der Waals surface area (Å²) in [5.74, 6) is 0.476. The van der Waals surface area contributed by atoms with Crippen LogP contribution < -0.4 is 0 Å². The zero-order chi connectivity index (χ0) is 12.5. The maximum Gasteiger partial charge on any atom is 0.151 e. The quantitative estimate of drug-likeness (QED) is 0.684.